The molecule has 152 valence electrons. The normalized spacial score (nSPS) is 16.2. The van der Waals surface area contributed by atoms with Crippen molar-refractivity contribution >= 4 is 23.2 Å². The molecule has 2 amide bonds. The number of nitrogens with one attached hydrogen (secondary N) is 2. The summed E-state index contributed by atoms with van der Waals surface area (Å²) in [7, 11) is 0. The van der Waals surface area contributed by atoms with Crippen molar-refractivity contribution in [1.29, 1.82) is 0 Å². The Morgan fingerprint density at radius 2 is 1.83 bits per heavy atom. The molecule has 4 rings (SSSR count). The van der Waals surface area contributed by atoms with E-state index in [1.807, 2.05) is 32.0 Å². The van der Waals surface area contributed by atoms with Crippen molar-refractivity contribution in [3.05, 3.63) is 59.2 Å². The minimum atomic E-state index is -0.103. The van der Waals surface area contributed by atoms with E-state index >= 15 is 0 Å². The van der Waals surface area contributed by atoms with E-state index < -0.39 is 0 Å². The van der Waals surface area contributed by atoms with Crippen molar-refractivity contribution in [2.45, 2.75) is 52.1 Å². The summed E-state index contributed by atoms with van der Waals surface area (Å²) in [6.45, 7) is 5.56. The highest BCUT2D eigenvalue weighted by atomic mass is 16.2. The predicted octanol–water partition coefficient (Wildman–Crippen LogP) is 4.13. The maximum absolute atomic E-state index is 13.0. The molecule has 0 bridgehead atoms. The van der Waals surface area contributed by atoms with Gasteiger partial charge in [-0.3, -0.25) is 9.59 Å². The second kappa shape index (κ2) is 8.27. The van der Waals surface area contributed by atoms with E-state index in [-0.39, 0.29) is 23.8 Å². The van der Waals surface area contributed by atoms with Crippen LogP contribution in [-0.2, 0) is 17.8 Å². The molecule has 2 aromatic rings. The highest BCUT2D eigenvalue weighted by Gasteiger charge is 2.26. The number of carbonyl (C=O) groups is 2. The zero-order chi connectivity index (χ0) is 20.4. The van der Waals surface area contributed by atoms with Crippen LogP contribution in [0.15, 0.2) is 42.5 Å². The third-order valence-corrected chi connectivity index (χ3v) is 5.88. The molecule has 1 saturated carbocycles. The quantitative estimate of drug-likeness (QED) is 0.806. The van der Waals surface area contributed by atoms with Gasteiger partial charge in [-0.15, -0.1) is 0 Å². The number of hydrogen-bond acceptors (Lipinski definition) is 3. The minimum Gasteiger partial charge on any atom is -0.366 e. The number of nitrogens with zero attached hydrogens (tertiary/aromatic N) is 1. The fourth-order valence-corrected chi connectivity index (χ4v) is 4.03. The van der Waals surface area contributed by atoms with Crippen LogP contribution in [0.5, 0.6) is 0 Å². The van der Waals surface area contributed by atoms with Crippen LogP contribution >= 0.6 is 0 Å². The molecule has 1 fully saturated rings. The van der Waals surface area contributed by atoms with Crippen molar-refractivity contribution in [3.8, 4) is 0 Å². The Kier molecular flexibility index (Phi) is 5.56. The van der Waals surface area contributed by atoms with Crippen molar-refractivity contribution in [1.82, 2.24) is 5.32 Å². The molecule has 2 aromatic carbocycles. The zero-order valence-corrected chi connectivity index (χ0v) is 17.2. The molecule has 0 radical (unpaired) electrons. The van der Waals surface area contributed by atoms with Crippen LogP contribution < -0.4 is 15.5 Å². The average molecular weight is 392 g/mol. The van der Waals surface area contributed by atoms with E-state index in [1.54, 1.807) is 0 Å². The van der Waals surface area contributed by atoms with Gasteiger partial charge in [0.25, 0.3) is 5.91 Å². The van der Waals surface area contributed by atoms with E-state index in [0.717, 1.165) is 44.5 Å². The van der Waals surface area contributed by atoms with Crippen LogP contribution in [0, 0.1) is 5.92 Å². The van der Waals surface area contributed by atoms with E-state index in [4.69, 9.17) is 0 Å². The van der Waals surface area contributed by atoms with Gasteiger partial charge in [0, 0.05) is 36.4 Å². The van der Waals surface area contributed by atoms with E-state index in [2.05, 4.69) is 39.8 Å². The van der Waals surface area contributed by atoms with Crippen molar-refractivity contribution in [2.75, 3.05) is 16.8 Å². The molecule has 2 aliphatic rings. The molecule has 0 atom stereocenters. The van der Waals surface area contributed by atoms with Gasteiger partial charge in [-0.05, 0) is 62.4 Å². The molecule has 5 nitrogen and oxygen atoms in total. The average Bonchev–Trinajstić information content (AvgIpc) is 2.65. The van der Waals surface area contributed by atoms with Crippen LogP contribution in [0.1, 0.15) is 54.6 Å². The van der Waals surface area contributed by atoms with Crippen LogP contribution in [0.2, 0.25) is 0 Å². The lowest BCUT2D eigenvalue weighted by Gasteiger charge is -2.32. The molecule has 0 spiro atoms. The lowest BCUT2D eigenvalue weighted by Crippen LogP contribution is -2.35. The number of benzene rings is 2. The second-order valence-electron chi connectivity index (χ2n) is 8.42. The maximum Gasteiger partial charge on any atom is 0.253 e. The first-order valence-electron chi connectivity index (χ1n) is 10.6. The summed E-state index contributed by atoms with van der Waals surface area (Å²) in [6, 6.07) is 14.2. The molecule has 0 aromatic heterocycles. The van der Waals surface area contributed by atoms with Gasteiger partial charge in [0.1, 0.15) is 0 Å². The highest BCUT2D eigenvalue weighted by molar-refractivity contribution is 6.02. The summed E-state index contributed by atoms with van der Waals surface area (Å²) in [6.07, 6.45) is 3.99. The van der Waals surface area contributed by atoms with Gasteiger partial charge in [0.05, 0.1) is 5.56 Å². The van der Waals surface area contributed by atoms with Crippen LogP contribution in [0.4, 0.5) is 11.4 Å². The Labute approximate surface area is 172 Å². The monoisotopic (exact) mass is 391 g/mol. The number of fused-ring (bicyclic) bond motifs is 1. The lowest BCUT2D eigenvalue weighted by atomic mass is 9.85. The molecule has 1 aliphatic carbocycles. The van der Waals surface area contributed by atoms with Gasteiger partial charge >= 0.3 is 0 Å². The van der Waals surface area contributed by atoms with Gasteiger partial charge < -0.3 is 15.5 Å². The Morgan fingerprint density at radius 3 is 2.52 bits per heavy atom. The fourth-order valence-electron chi connectivity index (χ4n) is 4.03. The molecule has 29 heavy (non-hydrogen) atoms. The van der Waals surface area contributed by atoms with E-state index in [0.29, 0.717) is 11.3 Å². The zero-order valence-electron chi connectivity index (χ0n) is 17.2. The van der Waals surface area contributed by atoms with Crippen molar-refractivity contribution in [3.63, 3.8) is 0 Å². The lowest BCUT2D eigenvalue weighted by molar-refractivity contribution is -0.122. The number of anilines is 2. The van der Waals surface area contributed by atoms with Crippen LogP contribution in [-0.4, -0.2) is 24.4 Å². The summed E-state index contributed by atoms with van der Waals surface area (Å²) < 4.78 is 0. The molecule has 0 unspecified atom stereocenters. The summed E-state index contributed by atoms with van der Waals surface area (Å²) >= 11 is 0. The van der Waals surface area contributed by atoms with Crippen LogP contribution in [0.3, 0.4) is 0 Å². The third kappa shape index (κ3) is 4.29. The first-order valence-corrected chi connectivity index (χ1v) is 10.6. The summed E-state index contributed by atoms with van der Waals surface area (Å²) in [5.41, 5.74) is 4.90. The Bertz CT molecular complexity index is 918. The predicted molar refractivity (Wildman–Crippen MR) is 116 cm³/mol. The van der Waals surface area contributed by atoms with Crippen LogP contribution in [0.25, 0.3) is 0 Å². The Morgan fingerprint density at radius 1 is 1.07 bits per heavy atom. The van der Waals surface area contributed by atoms with Crippen molar-refractivity contribution < 1.29 is 9.59 Å². The van der Waals surface area contributed by atoms with E-state index in [9.17, 15) is 9.59 Å². The number of carbonyl (C=O) groups excluding carboxylic acids is 2. The van der Waals surface area contributed by atoms with Gasteiger partial charge in [-0.1, -0.05) is 30.7 Å². The second-order valence-corrected chi connectivity index (χ2v) is 8.42. The SMILES string of the molecule is CC(C)NC(=O)c1cc(NC(=O)C2CCC2)ccc1N1CCc2ccccc2C1. The summed E-state index contributed by atoms with van der Waals surface area (Å²) in [5, 5.41) is 6.01. The summed E-state index contributed by atoms with van der Waals surface area (Å²) in [5.74, 6) is 0.0703. The minimum absolute atomic E-state index is 0.0469. The van der Waals surface area contributed by atoms with Gasteiger partial charge in [0.15, 0.2) is 0 Å². The molecule has 5 heteroatoms. The molecule has 2 N–H and O–H groups in total. The number of rotatable bonds is 5. The first-order chi connectivity index (χ1) is 14.0. The van der Waals surface area contributed by atoms with Gasteiger partial charge in [-0.2, -0.15) is 0 Å². The molecular weight excluding hydrogens is 362 g/mol. The molecular formula is C24H29N3O2. The Hall–Kier alpha value is -2.82. The molecule has 1 aliphatic heterocycles. The van der Waals surface area contributed by atoms with Gasteiger partial charge in [0.2, 0.25) is 5.91 Å². The van der Waals surface area contributed by atoms with Crippen molar-refractivity contribution in [2.24, 2.45) is 5.92 Å². The molecule has 1 heterocycles. The van der Waals surface area contributed by atoms with E-state index in [1.165, 1.54) is 11.1 Å². The smallest absolute Gasteiger partial charge is 0.253 e. The number of amides is 2. The fraction of sp³-hybridized carbons (Fsp3) is 0.417. The topological polar surface area (TPSA) is 61.4 Å². The molecule has 0 saturated heterocycles. The Balaban J connectivity index is 1.61. The third-order valence-electron chi connectivity index (χ3n) is 5.88. The number of hydrogen-bond donors (Lipinski definition) is 2. The summed E-state index contributed by atoms with van der Waals surface area (Å²) in [4.78, 5) is 27.6. The first kappa shape index (κ1) is 19.5. The maximum atomic E-state index is 13.0. The van der Waals surface area contributed by atoms with Gasteiger partial charge in [-0.25, -0.2) is 0 Å². The highest BCUT2D eigenvalue weighted by Crippen LogP contribution is 2.31. The standard InChI is InChI=1S/C24H29N3O2/c1-16(2)25-24(29)21-14-20(26-23(28)18-8-5-9-18)10-11-22(21)27-13-12-17-6-3-4-7-19(17)15-27/h3-4,6-7,10-11,14,16,18H,5,8-9,12-13,15H2,1-2H3,(H,25,29)(H,26,28). The largest absolute Gasteiger partial charge is 0.366 e.